The number of hydrogen-bond acceptors (Lipinski definition) is 3. The van der Waals surface area contributed by atoms with Gasteiger partial charge in [-0.2, -0.15) is 13.2 Å². The molecule has 0 aromatic heterocycles. The number of piperidine rings is 1. The van der Waals surface area contributed by atoms with Gasteiger partial charge in [-0.05, 0) is 67.4 Å². The monoisotopic (exact) mass is 416 g/mol. The highest BCUT2D eigenvalue weighted by Crippen LogP contribution is 2.30. The van der Waals surface area contributed by atoms with Gasteiger partial charge in [-0.1, -0.05) is 11.8 Å². The molecule has 30 heavy (non-hydrogen) atoms. The lowest BCUT2D eigenvalue weighted by atomic mass is 9.84. The molecule has 3 rings (SSSR count). The molecule has 1 N–H and O–H groups in total. The minimum Gasteiger partial charge on any atom is -0.493 e. The van der Waals surface area contributed by atoms with Gasteiger partial charge in [0.1, 0.15) is 5.75 Å². The van der Waals surface area contributed by atoms with Crippen molar-refractivity contribution in [2.24, 2.45) is 11.8 Å². The number of benzene rings is 2. The van der Waals surface area contributed by atoms with Crippen LogP contribution in [0.25, 0.3) is 0 Å². The molecule has 0 bridgehead atoms. The minimum atomic E-state index is -4.33. The molecule has 2 aromatic rings. The Bertz CT molecular complexity index is 865. The van der Waals surface area contributed by atoms with E-state index in [1.54, 1.807) is 0 Å². The Labute approximate surface area is 176 Å². The van der Waals surface area contributed by atoms with Crippen LogP contribution < -0.4 is 15.0 Å². The highest BCUT2D eigenvalue weighted by Gasteiger charge is 2.30. The van der Waals surface area contributed by atoms with Gasteiger partial charge in [-0.3, -0.25) is 0 Å². The molecule has 6 heteroatoms. The summed E-state index contributed by atoms with van der Waals surface area (Å²) < 4.78 is 43.8. The molecule has 2 unspecified atom stereocenters. The zero-order chi connectivity index (χ0) is 21.6. The molecule has 0 aliphatic carbocycles. The Hall–Kier alpha value is -2.65. The molecule has 0 saturated carbocycles. The van der Waals surface area contributed by atoms with E-state index < -0.39 is 11.7 Å². The van der Waals surface area contributed by atoms with E-state index >= 15 is 0 Å². The molecule has 1 saturated heterocycles. The molecular weight excluding hydrogens is 389 g/mol. The zero-order valence-corrected chi connectivity index (χ0v) is 17.3. The van der Waals surface area contributed by atoms with Crippen molar-refractivity contribution in [3.05, 3.63) is 59.7 Å². The molecule has 2 atom stereocenters. The van der Waals surface area contributed by atoms with Gasteiger partial charge in [-0.15, -0.1) is 0 Å². The van der Waals surface area contributed by atoms with Crippen LogP contribution >= 0.6 is 0 Å². The minimum absolute atomic E-state index is 0.270. The number of ether oxygens (including phenoxy) is 1. The lowest BCUT2D eigenvalue weighted by molar-refractivity contribution is -0.137. The predicted octanol–water partition coefficient (Wildman–Crippen LogP) is 4.82. The molecular formula is C24H27F3N2O. The third kappa shape index (κ3) is 6.17. The van der Waals surface area contributed by atoms with Gasteiger partial charge < -0.3 is 15.0 Å². The van der Waals surface area contributed by atoms with Gasteiger partial charge in [0.15, 0.2) is 0 Å². The molecule has 3 nitrogen and oxygen atoms in total. The normalized spacial score (nSPS) is 19.0. The Morgan fingerprint density at radius 2 is 1.73 bits per heavy atom. The second-order valence-electron chi connectivity index (χ2n) is 7.79. The van der Waals surface area contributed by atoms with E-state index in [2.05, 4.69) is 29.3 Å². The largest absolute Gasteiger partial charge is 0.493 e. The third-order valence-corrected chi connectivity index (χ3v) is 5.39. The fourth-order valence-corrected chi connectivity index (χ4v) is 3.51. The standard InChI is InChI=1S/C24H27F3N2O/c1-29(2)22-10-6-18(7-11-22)4-3-5-19-14-15-28-16-20(19)17-30-23-12-8-21(9-13-23)24(25,26)27/h6-13,19-20,28H,5,14-17H2,1-2H3. The summed E-state index contributed by atoms with van der Waals surface area (Å²) in [5, 5.41) is 3.37. The first-order chi connectivity index (χ1) is 14.3. The lowest BCUT2D eigenvalue weighted by Gasteiger charge is -2.31. The smallest absolute Gasteiger partial charge is 0.416 e. The summed E-state index contributed by atoms with van der Waals surface area (Å²) in [6.07, 6.45) is -2.55. The maximum atomic E-state index is 12.7. The Kier molecular flexibility index (Phi) is 7.28. The van der Waals surface area contributed by atoms with Crippen LogP contribution in [0.3, 0.4) is 0 Å². The van der Waals surface area contributed by atoms with Crippen molar-refractivity contribution in [1.29, 1.82) is 0 Å². The van der Waals surface area contributed by atoms with Crippen LogP contribution in [0.5, 0.6) is 5.75 Å². The molecule has 1 aliphatic rings. The van der Waals surface area contributed by atoms with Crippen LogP contribution in [-0.2, 0) is 6.18 Å². The van der Waals surface area contributed by atoms with Gasteiger partial charge >= 0.3 is 6.18 Å². The van der Waals surface area contributed by atoms with E-state index in [4.69, 9.17) is 4.74 Å². The Morgan fingerprint density at radius 1 is 1.03 bits per heavy atom. The van der Waals surface area contributed by atoms with Crippen LogP contribution in [0.1, 0.15) is 24.0 Å². The van der Waals surface area contributed by atoms with Crippen LogP contribution in [0, 0.1) is 23.7 Å². The first kappa shape index (κ1) is 22.0. The highest BCUT2D eigenvalue weighted by molar-refractivity contribution is 5.49. The summed E-state index contributed by atoms with van der Waals surface area (Å²) in [4.78, 5) is 2.05. The number of nitrogens with one attached hydrogen (secondary N) is 1. The fraction of sp³-hybridized carbons (Fsp3) is 0.417. The van der Waals surface area contributed by atoms with Crippen molar-refractivity contribution in [3.8, 4) is 17.6 Å². The summed E-state index contributed by atoms with van der Waals surface area (Å²) in [6, 6.07) is 13.0. The van der Waals surface area contributed by atoms with Crippen molar-refractivity contribution in [2.45, 2.75) is 19.0 Å². The van der Waals surface area contributed by atoms with E-state index in [0.29, 0.717) is 18.3 Å². The van der Waals surface area contributed by atoms with Crippen LogP contribution in [0.15, 0.2) is 48.5 Å². The topological polar surface area (TPSA) is 24.5 Å². The third-order valence-electron chi connectivity index (χ3n) is 5.39. The fourth-order valence-electron chi connectivity index (χ4n) is 3.51. The lowest BCUT2D eigenvalue weighted by Crippen LogP contribution is -2.39. The van der Waals surface area contributed by atoms with Crippen LogP contribution in [0.2, 0.25) is 0 Å². The van der Waals surface area contributed by atoms with E-state index in [1.165, 1.54) is 12.1 Å². The summed E-state index contributed by atoms with van der Waals surface area (Å²) in [5.41, 5.74) is 1.47. The number of hydrogen-bond donors (Lipinski definition) is 1. The number of rotatable bonds is 5. The maximum absolute atomic E-state index is 12.7. The van der Waals surface area contributed by atoms with Crippen molar-refractivity contribution in [3.63, 3.8) is 0 Å². The molecule has 0 amide bonds. The highest BCUT2D eigenvalue weighted by atomic mass is 19.4. The molecule has 160 valence electrons. The van der Waals surface area contributed by atoms with Crippen molar-refractivity contribution >= 4 is 5.69 Å². The number of halogens is 3. The van der Waals surface area contributed by atoms with Gasteiger partial charge in [0.05, 0.1) is 12.2 Å². The quantitative estimate of drug-likeness (QED) is 0.708. The van der Waals surface area contributed by atoms with Crippen molar-refractivity contribution < 1.29 is 17.9 Å². The van der Waals surface area contributed by atoms with Crippen molar-refractivity contribution in [1.82, 2.24) is 5.32 Å². The Balaban J connectivity index is 1.55. The maximum Gasteiger partial charge on any atom is 0.416 e. The molecule has 1 aliphatic heterocycles. The van der Waals surface area contributed by atoms with E-state index in [0.717, 1.165) is 49.3 Å². The number of nitrogens with zero attached hydrogens (tertiary/aromatic N) is 1. The first-order valence-corrected chi connectivity index (χ1v) is 10.1. The average Bonchev–Trinajstić information content (AvgIpc) is 2.73. The van der Waals surface area contributed by atoms with Gasteiger partial charge in [-0.25, -0.2) is 0 Å². The Morgan fingerprint density at radius 3 is 2.37 bits per heavy atom. The van der Waals surface area contributed by atoms with E-state index in [1.807, 2.05) is 31.1 Å². The average molecular weight is 416 g/mol. The summed E-state index contributed by atoms with van der Waals surface area (Å²) in [7, 11) is 4.01. The predicted molar refractivity (Wildman–Crippen MR) is 114 cm³/mol. The summed E-state index contributed by atoms with van der Waals surface area (Å²) >= 11 is 0. The van der Waals surface area contributed by atoms with Crippen LogP contribution in [-0.4, -0.2) is 33.8 Å². The molecule has 1 fully saturated rings. The summed E-state index contributed by atoms with van der Waals surface area (Å²) in [5.74, 6) is 7.66. The van der Waals surface area contributed by atoms with Gasteiger partial charge in [0, 0.05) is 44.2 Å². The first-order valence-electron chi connectivity index (χ1n) is 10.1. The van der Waals surface area contributed by atoms with Gasteiger partial charge in [0.2, 0.25) is 0 Å². The second-order valence-corrected chi connectivity index (χ2v) is 7.79. The van der Waals surface area contributed by atoms with Crippen molar-refractivity contribution in [2.75, 3.05) is 38.7 Å². The molecule has 1 heterocycles. The molecule has 0 radical (unpaired) electrons. The zero-order valence-electron chi connectivity index (χ0n) is 17.3. The molecule has 0 spiro atoms. The second kappa shape index (κ2) is 9.90. The summed E-state index contributed by atoms with van der Waals surface area (Å²) in [6.45, 7) is 2.23. The van der Waals surface area contributed by atoms with E-state index in [9.17, 15) is 13.2 Å². The SMILES string of the molecule is CN(C)c1ccc(C#CCC2CCNCC2COc2ccc(C(F)(F)F)cc2)cc1. The molecule has 2 aromatic carbocycles. The van der Waals surface area contributed by atoms with E-state index in [-0.39, 0.29) is 5.92 Å². The number of anilines is 1. The number of alkyl halides is 3. The van der Waals surface area contributed by atoms with Crippen LogP contribution in [0.4, 0.5) is 18.9 Å². The van der Waals surface area contributed by atoms with Gasteiger partial charge in [0.25, 0.3) is 0 Å².